The summed E-state index contributed by atoms with van der Waals surface area (Å²) < 4.78 is 0. The van der Waals surface area contributed by atoms with Crippen LogP contribution in [0.1, 0.15) is 17.5 Å². The van der Waals surface area contributed by atoms with Crippen LogP contribution in [0.25, 0.3) is 0 Å². The second kappa shape index (κ2) is 12.7. The van der Waals surface area contributed by atoms with E-state index < -0.39 is 0 Å². The molecule has 0 atom stereocenters. The molecule has 0 bridgehead atoms. The number of amides is 2. The average molecular weight is 472 g/mol. The number of hydrogen-bond acceptors (Lipinski definition) is 5. The van der Waals surface area contributed by atoms with Crippen LogP contribution in [0.4, 0.5) is 11.4 Å². The smallest absolute Gasteiger partial charge is 0.226 e. The molecule has 0 saturated carbocycles. The van der Waals surface area contributed by atoms with Gasteiger partial charge >= 0.3 is 0 Å². The number of carbonyl (C=O) groups is 2. The van der Waals surface area contributed by atoms with Gasteiger partial charge in [0.15, 0.2) is 0 Å². The van der Waals surface area contributed by atoms with Crippen molar-refractivity contribution in [3.05, 3.63) is 90.3 Å². The van der Waals surface area contributed by atoms with E-state index in [0.29, 0.717) is 13.0 Å². The maximum Gasteiger partial charge on any atom is 0.226 e. The second-order valence-electron chi connectivity index (χ2n) is 8.76. The summed E-state index contributed by atoms with van der Waals surface area (Å²) in [7, 11) is 0. The Morgan fingerprint density at radius 1 is 0.800 bits per heavy atom. The monoisotopic (exact) mass is 471 g/mol. The molecule has 7 heteroatoms. The Morgan fingerprint density at radius 3 is 2.29 bits per heavy atom. The molecule has 1 saturated heterocycles. The Morgan fingerprint density at radius 2 is 1.51 bits per heavy atom. The van der Waals surface area contributed by atoms with Gasteiger partial charge in [-0.1, -0.05) is 42.5 Å². The number of aromatic nitrogens is 1. The summed E-state index contributed by atoms with van der Waals surface area (Å²) in [6, 6.07) is 21.7. The van der Waals surface area contributed by atoms with E-state index in [-0.39, 0.29) is 18.2 Å². The highest BCUT2D eigenvalue weighted by Gasteiger charge is 2.19. The van der Waals surface area contributed by atoms with Crippen LogP contribution in [0.3, 0.4) is 0 Å². The lowest BCUT2D eigenvalue weighted by Crippen LogP contribution is -2.47. The Kier molecular flexibility index (Phi) is 8.84. The first kappa shape index (κ1) is 24.4. The number of benzene rings is 2. The first-order valence-electron chi connectivity index (χ1n) is 12.2. The number of hydrogen-bond donors (Lipinski definition) is 2. The molecule has 2 amide bonds. The quantitative estimate of drug-likeness (QED) is 0.475. The fourth-order valence-corrected chi connectivity index (χ4v) is 4.28. The molecule has 7 nitrogen and oxygen atoms in total. The van der Waals surface area contributed by atoms with Crippen LogP contribution < -0.4 is 15.5 Å². The van der Waals surface area contributed by atoms with Crippen LogP contribution in [-0.2, 0) is 22.4 Å². The summed E-state index contributed by atoms with van der Waals surface area (Å²) in [5.74, 6) is -0.181. The third kappa shape index (κ3) is 7.65. The maximum absolute atomic E-state index is 12.6. The lowest BCUT2D eigenvalue weighted by Gasteiger charge is -2.37. The number of anilines is 2. The number of carbonyl (C=O) groups excluding carboxylic acids is 2. The molecule has 1 aliphatic heterocycles. The number of pyridine rings is 1. The van der Waals surface area contributed by atoms with E-state index in [4.69, 9.17) is 0 Å². The highest BCUT2D eigenvalue weighted by atomic mass is 16.2. The molecule has 2 aromatic carbocycles. The van der Waals surface area contributed by atoms with Crippen LogP contribution in [0.15, 0.2) is 79.1 Å². The summed E-state index contributed by atoms with van der Waals surface area (Å²) >= 11 is 0. The molecule has 1 aliphatic rings. The lowest BCUT2D eigenvalue weighted by atomic mass is 10.1. The molecule has 2 heterocycles. The molecule has 3 aromatic rings. The molecule has 2 N–H and O–H groups in total. The van der Waals surface area contributed by atoms with Gasteiger partial charge in [-0.15, -0.1) is 0 Å². The zero-order valence-electron chi connectivity index (χ0n) is 20.0. The van der Waals surface area contributed by atoms with Crippen molar-refractivity contribution in [1.82, 2.24) is 15.2 Å². The fourth-order valence-electron chi connectivity index (χ4n) is 4.28. The van der Waals surface area contributed by atoms with E-state index in [0.717, 1.165) is 56.1 Å². The number of nitrogens with zero attached hydrogens (tertiary/aromatic N) is 3. The Bertz CT molecular complexity index is 1080. The average Bonchev–Trinajstić information content (AvgIpc) is 2.89. The summed E-state index contributed by atoms with van der Waals surface area (Å²) in [5, 5.41) is 5.87. The Hall–Kier alpha value is -3.71. The Labute approximate surface area is 207 Å². The van der Waals surface area contributed by atoms with Crippen molar-refractivity contribution in [2.75, 3.05) is 49.5 Å². The summed E-state index contributed by atoms with van der Waals surface area (Å²) in [6.07, 6.45) is 5.27. The van der Waals surface area contributed by atoms with E-state index in [2.05, 4.69) is 43.6 Å². The van der Waals surface area contributed by atoms with Crippen molar-refractivity contribution in [3.63, 3.8) is 0 Å². The van der Waals surface area contributed by atoms with E-state index >= 15 is 0 Å². The highest BCUT2D eigenvalue weighted by Crippen LogP contribution is 2.26. The normalized spacial score (nSPS) is 13.9. The maximum atomic E-state index is 12.6. The Balaban J connectivity index is 1.21. The third-order valence-corrected chi connectivity index (χ3v) is 6.24. The van der Waals surface area contributed by atoms with Gasteiger partial charge in [0.05, 0.1) is 17.8 Å². The molecule has 35 heavy (non-hydrogen) atoms. The van der Waals surface area contributed by atoms with Crippen molar-refractivity contribution in [2.24, 2.45) is 0 Å². The van der Waals surface area contributed by atoms with Gasteiger partial charge in [0, 0.05) is 58.1 Å². The van der Waals surface area contributed by atoms with Crippen LogP contribution in [0, 0.1) is 0 Å². The van der Waals surface area contributed by atoms with E-state index in [1.54, 1.807) is 0 Å². The van der Waals surface area contributed by atoms with Gasteiger partial charge in [-0.2, -0.15) is 0 Å². The first-order valence-corrected chi connectivity index (χ1v) is 12.2. The van der Waals surface area contributed by atoms with Gasteiger partial charge in [0.1, 0.15) is 0 Å². The summed E-state index contributed by atoms with van der Waals surface area (Å²) in [5.41, 5.74) is 4.13. The molecule has 1 fully saturated rings. The highest BCUT2D eigenvalue weighted by molar-refractivity contribution is 5.94. The van der Waals surface area contributed by atoms with Crippen LogP contribution in [0.5, 0.6) is 0 Å². The van der Waals surface area contributed by atoms with E-state index in [9.17, 15) is 9.59 Å². The molecule has 0 spiro atoms. The standard InChI is InChI=1S/C28H33N5O2/c34-27(12-16-30-28(35)22-24-6-2-1-3-7-24)31-25-8-4-5-9-26(25)33-20-18-32(19-21-33)17-13-23-10-14-29-15-11-23/h1-11,14-15H,12-13,16-22H2,(H,30,35)(H,31,34). The van der Waals surface area contributed by atoms with Crippen molar-refractivity contribution in [3.8, 4) is 0 Å². The molecule has 4 rings (SSSR count). The minimum Gasteiger partial charge on any atom is -0.367 e. The zero-order valence-corrected chi connectivity index (χ0v) is 20.0. The molecular weight excluding hydrogens is 438 g/mol. The van der Waals surface area contributed by atoms with Gasteiger partial charge < -0.3 is 15.5 Å². The van der Waals surface area contributed by atoms with E-state index in [1.807, 2.05) is 60.9 Å². The third-order valence-electron chi connectivity index (χ3n) is 6.24. The fraction of sp³-hybridized carbons (Fsp3) is 0.321. The van der Waals surface area contributed by atoms with Crippen LogP contribution in [-0.4, -0.2) is 61.0 Å². The SMILES string of the molecule is O=C(Cc1ccccc1)NCCC(=O)Nc1ccccc1N1CCN(CCc2ccncc2)CC1. The van der Waals surface area contributed by atoms with Crippen LogP contribution >= 0.6 is 0 Å². The second-order valence-corrected chi connectivity index (χ2v) is 8.76. The molecule has 182 valence electrons. The number of para-hydroxylation sites is 2. The van der Waals surface area contributed by atoms with E-state index in [1.165, 1.54) is 5.56 Å². The van der Waals surface area contributed by atoms with Gasteiger partial charge in [0.25, 0.3) is 0 Å². The minimum absolute atomic E-state index is 0.0776. The predicted octanol–water partition coefficient (Wildman–Crippen LogP) is 3.13. The molecule has 0 aliphatic carbocycles. The van der Waals surface area contributed by atoms with Gasteiger partial charge in [-0.25, -0.2) is 0 Å². The summed E-state index contributed by atoms with van der Waals surface area (Å²) in [4.78, 5) is 33.6. The number of piperazine rings is 1. The molecular formula is C28H33N5O2. The minimum atomic E-state index is -0.103. The zero-order chi connectivity index (χ0) is 24.3. The van der Waals surface area contributed by atoms with Crippen molar-refractivity contribution >= 4 is 23.2 Å². The predicted molar refractivity (Wildman–Crippen MR) is 139 cm³/mol. The topological polar surface area (TPSA) is 77.6 Å². The lowest BCUT2D eigenvalue weighted by molar-refractivity contribution is -0.120. The molecule has 1 aromatic heterocycles. The van der Waals surface area contributed by atoms with Gasteiger partial charge in [-0.3, -0.25) is 19.5 Å². The van der Waals surface area contributed by atoms with Gasteiger partial charge in [0.2, 0.25) is 11.8 Å². The van der Waals surface area contributed by atoms with Crippen LogP contribution in [0.2, 0.25) is 0 Å². The molecule has 0 unspecified atom stereocenters. The largest absolute Gasteiger partial charge is 0.367 e. The number of rotatable bonds is 10. The van der Waals surface area contributed by atoms with Crippen molar-refractivity contribution < 1.29 is 9.59 Å². The molecule has 0 radical (unpaired) electrons. The van der Waals surface area contributed by atoms with Gasteiger partial charge in [-0.05, 0) is 41.8 Å². The number of nitrogens with one attached hydrogen (secondary N) is 2. The summed E-state index contributed by atoms with van der Waals surface area (Å²) in [6.45, 7) is 5.15. The van der Waals surface area contributed by atoms with Crippen molar-refractivity contribution in [2.45, 2.75) is 19.3 Å². The first-order chi connectivity index (χ1) is 17.2. The van der Waals surface area contributed by atoms with Crippen molar-refractivity contribution in [1.29, 1.82) is 0 Å².